The van der Waals surface area contributed by atoms with Gasteiger partial charge in [-0.05, 0) is 55.8 Å². The average Bonchev–Trinajstić information content (AvgIpc) is 3.15. The lowest BCUT2D eigenvalue weighted by Crippen LogP contribution is -2.42. The first kappa shape index (κ1) is 14.2. The summed E-state index contributed by atoms with van der Waals surface area (Å²) < 4.78 is 0. The monoisotopic (exact) mass is 273 g/mol. The van der Waals surface area contributed by atoms with Crippen LogP contribution >= 0.6 is 0 Å². The molecule has 3 aliphatic rings. The summed E-state index contributed by atoms with van der Waals surface area (Å²) in [5.41, 5.74) is 3.38. The van der Waals surface area contributed by atoms with Crippen molar-refractivity contribution in [2.24, 2.45) is 35.5 Å². The van der Waals surface area contributed by atoms with Gasteiger partial charge >= 0.3 is 0 Å². The summed E-state index contributed by atoms with van der Waals surface area (Å²) in [5.74, 6) is 5.33. The number of hydrogen-bond donors (Lipinski definition) is 0. The van der Waals surface area contributed by atoms with Crippen molar-refractivity contribution in [1.29, 1.82) is 0 Å². The van der Waals surface area contributed by atoms with Gasteiger partial charge < -0.3 is 4.90 Å². The average molecular weight is 273 g/mol. The fourth-order valence-electron chi connectivity index (χ4n) is 5.26. The van der Waals surface area contributed by atoms with Crippen molar-refractivity contribution in [3.05, 3.63) is 23.9 Å². The van der Waals surface area contributed by atoms with Crippen LogP contribution in [0.2, 0.25) is 0 Å². The van der Waals surface area contributed by atoms with Gasteiger partial charge in [-0.25, -0.2) is 0 Å². The van der Waals surface area contributed by atoms with E-state index in [-0.39, 0.29) is 0 Å². The third-order valence-electron chi connectivity index (χ3n) is 6.72. The van der Waals surface area contributed by atoms with Crippen LogP contribution in [-0.4, -0.2) is 18.0 Å². The molecule has 7 unspecified atom stereocenters. The minimum Gasteiger partial charge on any atom is -0.374 e. The van der Waals surface area contributed by atoms with Gasteiger partial charge in [0.25, 0.3) is 0 Å². The van der Waals surface area contributed by atoms with Gasteiger partial charge in [0.15, 0.2) is 0 Å². The first-order valence-electron chi connectivity index (χ1n) is 8.51. The van der Waals surface area contributed by atoms with Crippen molar-refractivity contribution in [3.63, 3.8) is 0 Å². The van der Waals surface area contributed by atoms with Gasteiger partial charge in [0, 0.05) is 24.7 Å². The third kappa shape index (κ3) is 1.96. The highest BCUT2D eigenvalue weighted by molar-refractivity contribution is 5.28. The van der Waals surface area contributed by atoms with Gasteiger partial charge in [-0.15, -0.1) is 6.58 Å². The van der Waals surface area contributed by atoms with E-state index in [2.05, 4.69) is 52.3 Å². The van der Waals surface area contributed by atoms with Crippen molar-refractivity contribution < 1.29 is 0 Å². The van der Waals surface area contributed by atoms with Gasteiger partial charge in [-0.1, -0.05) is 32.4 Å². The molecule has 0 radical (unpaired) electrons. The zero-order valence-corrected chi connectivity index (χ0v) is 13.9. The zero-order chi connectivity index (χ0) is 14.6. The van der Waals surface area contributed by atoms with Crippen molar-refractivity contribution in [2.75, 3.05) is 7.05 Å². The fourth-order valence-corrected chi connectivity index (χ4v) is 5.26. The maximum absolute atomic E-state index is 3.99. The molecule has 1 nitrogen and oxygen atoms in total. The second kappa shape index (κ2) is 4.93. The quantitative estimate of drug-likeness (QED) is 0.673. The molecule has 7 atom stereocenters. The van der Waals surface area contributed by atoms with Crippen LogP contribution in [0, 0.1) is 35.5 Å². The summed E-state index contributed by atoms with van der Waals surface area (Å²) in [6, 6.07) is 0.646. The summed E-state index contributed by atoms with van der Waals surface area (Å²) in [5, 5.41) is 0. The Labute approximate surface area is 125 Å². The molecule has 0 spiro atoms. The molecule has 0 N–H and O–H groups in total. The second-order valence-corrected chi connectivity index (χ2v) is 7.83. The highest BCUT2D eigenvalue weighted by atomic mass is 15.2. The van der Waals surface area contributed by atoms with E-state index in [9.17, 15) is 0 Å². The molecule has 2 saturated carbocycles. The highest BCUT2D eigenvalue weighted by Crippen LogP contribution is 2.67. The van der Waals surface area contributed by atoms with Crippen LogP contribution < -0.4 is 0 Å². The van der Waals surface area contributed by atoms with Crippen molar-refractivity contribution in [2.45, 2.75) is 53.0 Å². The molecule has 2 aliphatic carbocycles. The van der Waals surface area contributed by atoms with Crippen LogP contribution in [0.5, 0.6) is 0 Å². The van der Waals surface area contributed by atoms with Gasteiger partial charge in [0.05, 0.1) is 0 Å². The van der Waals surface area contributed by atoms with E-state index in [1.54, 1.807) is 11.3 Å². The van der Waals surface area contributed by atoms with Gasteiger partial charge in [0.1, 0.15) is 0 Å². The van der Waals surface area contributed by atoms with Crippen molar-refractivity contribution in [1.82, 2.24) is 4.90 Å². The second-order valence-electron chi connectivity index (χ2n) is 7.83. The summed E-state index contributed by atoms with van der Waals surface area (Å²) in [4.78, 5) is 2.65. The van der Waals surface area contributed by atoms with E-state index >= 15 is 0 Å². The standard InChI is InChI=1S/C19H31N/c1-7-8-17-12(3)9-11(2)13(4)19(20(17)6)18-14(5)15-10-16(15)18/h7,11-12,14-18H,1,8-10H2,2-6H3. The summed E-state index contributed by atoms with van der Waals surface area (Å²) >= 11 is 0. The van der Waals surface area contributed by atoms with Crippen LogP contribution in [0.25, 0.3) is 0 Å². The van der Waals surface area contributed by atoms with Crippen LogP contribution in [0.1, 0.15) is 47.0 Å². The number of nitrogens with zero attached hydrogens (tertiary/aromatic N) is 1. The molecule has 0 saturated heterocycles. The van der Waals surface area contributed by atoms with E-state index in [1.165, 1.54) is 12.8 Å². The lowest BCUT2D eigenvalue weighted by Gasteiger charge is -2.43. The number of fused-ring (bicyclic) bond motifs is 1. The van der Waals surface area contributed by atoms with E-state index in [0.29, 0.717) is 6.04 Å². The predicted octanol–water partition coefficient (Wildman–Crippen LogP) is 4.71. The van der Waals surface area contributed by atoms with E-state index in [1.807, 2.05) is 0 Å². The molecule has 112 valence electrons. The Kier molecular flexibility index (Phi) is 3.51. The van der Waals surface area contributed by atoms with Gasteiger partial charge in [0.2, 0.25) is 0 Å². The Morgan fingerprint density at radius 2 is 1.90 bits per heavy atom. The van der Waals surface area contributed by atoms with Crippen LogP contribution in [-0.2, 0) is 0 Å². The first-order chi connectivity index (χ1) is 9.47. The fraction of sp³-hybridized carbons (Fsp3) is 0.789. The third-order valence-corrected chi connectivity index (χ3v) is 6.72. The molecular weight excluding hydrogens is 242 g/mol. The van der Waals surface area contributed by atoms with E-state index < -0.39 is 0 Å². The SMILES string of the molecule is C=CCC1C(C)CC(C)C(C)=C(C2C(C)C3CC32)N1C. The number of allylic oxidation sites excluding steroid dienone is 2. The van der Waals surface area contributed by atoms with Crippen LogP contribution in [0.15, 0.2) is 23.9 Å². The summed E-state index contributed by atoms with van der Waals surface area (Å²) in [6.07, 6.45) is 6.06. The Hall–Kier alpha value is -0.720. The number of hydrogen-bond acceptors (Lipinski definition) is 1. The summed E-state index contributed by atoms with van der Waals surface area (Å²) in [7, 11) is 2.35. The topological polar surface area (TPSA) is 3.24 Å². The smallest absolute Gasteiger partial charge is 0.0343 e. The normalized spacial score (nSPS) is 47.5. The molecule has 2 fully saturated rings. The molecule has 1 aliphatic heterocycles. The molecule has 0 aromatic heterocycles. The minimum atomic E-state index is 0.646. The minimum absolute atomic E-state index is 0.646. The molecule has 0 bridgehead atoms. The molecule has 0 aromatic rings. The Morgan fingerprint density at radius 1 is 1.20 bits per heavy atom. The Morgan fingerprint density at radius 3 is 2.45 bits per heavy atom. The number of rotatable bonds is 3. The molecule has 1 heteroatoms. The maximum atomic E-state index is 3.99. The Balaban J connectivity index is 1.94. The first-order valence-corrected chi connectivity index (χ1v) is 8.51. The van der Waals surface area contributed by atoms with Crippen LogP contribution in [0.4, 0.5) is 0 Å². The zero-order valence-electron chi connectivity index (χ0n) is 13.9. The van der Waals surface area contributed by atoms with Gasteiger partial charge in [-0.2, -0.15) is 0 Å². The van der Waals surface area contributed by atoms with Gasteiger partial charge in [-0.3, -0.25) is 0 Å². The largest absolute Gasteiger partial charge is 0.374 e. The molecular formula is C19H31N. The molecule has 1 heterocycles. The Bertz CT molecular complexity index is 435. The van der Waals surface area contributed by atoms with Crippen molar-refractivity contribution in [3.8, 4) is 0 Å². The highest BCUT2D eigenvalue weighted by Gasteiger charge is 2.61. The van der Waals surface area contributed by atoms with Crippen molar-refractivity contribution >= 4 is 0 Å². The van der Waals surface area contributed by atoms with Crippen LogP contribution in [0.3, 0.4) is 0 Å². The molecule has 3 rings (SSSR count). The lowest BCUT2D eigenvalue weighted by atomic mass is 9.71. The lowest BCUT2D eigenvalue weighted by molar-refractivity contribution is 0.135. The molecule has 0 aromatic carbocycles. The molecule has 0 amide bonds. The molecule has 20 heavy (non-hydrogen) atoms. The predicted molar refractivity (Wildman–Crippen MR) is 86.3 cm³/mol. The maximum Gasteiger partial charge on any atom is 0.0343 e. The van der Waals surface area contributed by atoms with E-state index in [0.717, 1.165) is 41.9 Å². The summed E-state index contributed by atoms with van der Waals surface area (Å²) in [6.45, 7) is 13.7. The van der Waals surface area contributed by atoms with E-state index in [4.69, 9.17) is 0 Å².